The van der Waals surface area contributed by atoms with Crippen molar-refractivity contribution in [3.63, 3.8) is 0 Å². The van der Waals surface area contributed by atoms with E-state index in [1.807, 2.05) is 0 Å². The van der Waals surface area contributed by atoms with Gasteiger partial charge in [-0.25, -0.2) is 0 Å². The average molecular weight is 172 g/mol. The Morgan fingerprint density at radius 1 is 1.25 bits per heavy atom. The second-order valence-electron chi connectivity index (χ2n) is 4.65. The van der Waals surface area contributed by atoms with E-state index in [0.717, 1.165) is 19.6 Å². The van der Waals surface area contributed by atoms with Crippen LogP contribution in [-0.4, -0.2) is 38.1 Å². The molecule has 0 saturated carbocycles. The molecular formula is C10H24N2. The van der Waals surface area contributed by atoms with Crippen molar-refractivity contribution < 1.29 is 0 Å². The van der Waals surface area contributed by atoms with Crippen molar-refractivity contribution in [1.29, 1.82) is 0 Å². The first kappa shape index (κ1) is 11.9. The number of likely N-dealkylation sites (N-methyl/N-ethyl adjacent to an activating group) is 2. The normalized spacial score (nSPS) is 12.5. The fourth-order valence-electron chi connectivity index (χ4n) is 1.34. The van der Waals surface area contributed by atoms with Crippen LogP contribution in [0.1, 0.15) is 27.7 Å². The van der Waals surface area contributed by atoms with Gasteiger partial charge in [-0.05, 0) is 19.0 Å². The first-order valence-electron chi connectivity index (χ1n) is 4.85. The molecule has 0 rings (SSSR count). The van der Waals surface area contributed by atoms with Gasteiger partial charge in [0.05, 0.1) is 0 Å². The molecule has 0 atom stereocenters. The quantitative estimate of drug-likeness (QED) is 0.633. The first-order valence-corrected chi connectivity index (χ1v) is 4.85. The standard InChI is InChI=1S/C10H24N2/c1-6-11-7-8-12(5)9-10(2,3)4/h11H,6-9H2,1-5H3. The molecule has 0 aromatic carbocycles. The predicted octanol–water partition coefficient (Wildman–Crippen LogP) is 1.57. The summed E-state index contributed by atoms with van der Waals surface area (Å²) in [4.78, 5) is 2.38. The first-order chi connectivity index (χ1) is 5.45. The summed E-state index contributed by atoms with van der Waals surface area (Å²) < 4.78 is 0. The van der Waals surface area contributed by atoms with Crippen LogP contribution in [0.4, 0.5) is 0 Å². The van der Waals surface area contributed by atoms with E-state index in [9.17, 15) is 0 Å². The lowest BCUT2D eigenvalue weighted by Crippen LogP contribution is -2.34. The minimum Gasteiger partial charge on any atom is -0.316 e. The van der Waals surface area contributed by atoms with E-state index < -0.39 is 0 Å². The maximum absolute atomic E-state index is 3.32. The Labute approximate surface area is 77.3 Å². The monoisotopic (exact) mass is 172 g/mol. The molecule has 0 aliphatic rings. The molecule has 12 heavy (non-hydrogen) atoms. The highest BCUT2D eigenvalue weighted by Gasteiger charge is 2.12. The molecule has 0 fully saturated rings. The van der Waals surface area contributed by atoms with Crippen molar-refractivity contribution in [1.82, 2.24) is 10.2 Å². The Hall–Kier alpha value is -0.0800. The van der Waals surface area contributed by atoms with Gasteiger partial charge >= 0.3 is 0 Å². The van der Waals surface area contributed by atoms with Gasteiger partial charge < -0.3 is 10.2 Å². The molecule has 0 aromatic rings. The van der Waals surface area contributed by atoms with Crippen LogP contribution in [0.5, 0.6) is 0 Å². The molecule has 0 aromatic heterocycles. The summed E-state index contributed by atoms with van der Waals surface area (Å²) >= 11 is 0. The zero-order valence-electron chi connectivity index (χ0n) is 9.28. The van der Waals surface area contributed by atoms with Gasteiger partial charge in [0.2, 0.25) is 0 Å². The van der Waals surface area contributed by atoms with E-state index in [0.29, 0.717) is 5.41 Å². The Morgan fingerprint density at radius 3 is 2.25 bits per heavy atom. The van der Waals surface area contributed by atoms with Gasteiger partial charge in [-0.2, -0.15) is 0 Å². The summed E-state index contributed by atoms with van der Waals surface area (Å²) in [5.74, 6) is 0. The van der Waals surface area contributed by atoms with E-state index in [2.05, 4.69) is 45.0 Å². The molecular weight excluding hydrogens is 148 g/mol. The minimum atomic E-state index is 0.418. The minimum absolute atomic E-state index is 0.418. The molecule has 0 amide bonds. The molecule has 2 heteroatoms. The molecule has 74 valence electrons. The summed E-state index contributed by atoms with van der Waals surface area (Å²) in [6, 6.07) is 0. The topological polar surface area (TPSA) is 15.3 Å². The zero-order chi connectivity index (χ0) is 9.61. The third kappa shape index (κ3) is 8.02. The molecule has 0 saturated heterocycles. The zero-order valence-corrected chi connectivity index (χ0v) is 9.28. The van der Waals surface area contributed by atoms with Crippen molar-refractivity contribution in [3.8, 4) is 0 Å². The maximum atomic E-state index is 3.32. The Bertz CT molecular complexity index is 105. The Kier molecular flexibility index (Phi) is 5.51. The number of nitrogens with zero attached hydrogens (tertiary/aromatic N) is 1. The van der Waals surface area contributed by atoms with Gasteiger partial charge in [-0.3, -0.25) is 0 Å². The third-order valence-corrected chi connectivity index (χ3v) is 1.66. The molecule has 0 unspecified atom stereocenters. The number of hydrogen-bond donors (Lipinski definition) is 1. The van der Waals surface area contributed by atoms with Crippen molar-refractivity contribution in [2.45, 2.75) is 27.7 Å². The van der Waals surface area contributed by atoms with E-state index in [1.165, 1.54) is 6.54 Å². The van der Waals surface area contributed by atoms with Gasteiger partial charge in [0.1, 0.15) is 0 Å². The summed E-state index contributed by atoms with van der Waals surface area (Å²) in [5.41, 5.74) is 0.418. The number of hydrogen-bond acceptors (Lipinski definition) is 2. The van der Waals surface area contributed by atoms with E-state index in [1.54, 1.807) is 0 Å². The van der Waals surface area contributed by atoms with Crippen LogP contribution in [0.15, 0.2) is 0 Å². The SMILES string of the molecule is CCNCCN(C)CC(C)(C)C. The van der Waals surface area contributed by atoms with Crippen molar-refractivity contribution in [2.75, 3.05) is 33.2 Å². The highest BCUT2D eigenvalue weighted by molar-refractivity contribution is 4.66. The summed E-state index contributed by atoms with van der Waals surface area (Å²) in [6.45, 7) is 13.4. The van der Waals surface area contributed by atoms with E-state index >= 15 is 0 Å². The van der Waals surface area contributed by atoms with Gasteiger partial charge in [0.15, 0.2) is 0 Å². The molecule has 2 nitrogen and oxygen atoms in total. The van der Waals surface area contributed by atoms with Gasteiger partial charge in [-0.15, -0.1) is 0 Å². The lowest BCUT2D eigenvalue weighted by atomic mass is 9.96. The second kappa shape index (κ2) is 5.55. The van der Waals surface area contributed by atoms with Crippen LogP contribution in [0, 0.1) is 5.41 Å². The predicted molar refractivity (Wildman–Crippen MR) is 55.5 cm³/mol. The van der Waals surface area contributed by atoms with E-state index in [4.69, 9.17) is 0 Å². The molecule has 0 aliphatic heterocycles. The molecule has 1 N–H and O–H groups in total. The van der Waals surface area contributed by atoms with Crippen LogP contribution < -0.4 is 5.32 Å². The molecule has 0 bridgehead atoms. The smallest absolute Gasteiger partial charge is 0.0104 e. The van der Waals surface area contributed by atoms with Crippen molar-refractivity contribution in [3.05, 3.63) is 0 Å². The van der Waals surface area contributed by atoms with Crippen molar-refractivity contribution >= 4 is 0 Å². The lowest BCUT2D eigenvalue weighted by Gasteiger charge is -2.26. The molecule has 0 aliphatic carbocycles. The molecule has 0 spiro atoms. The summed E-state index contributed by atoms with van der Waals surface area (Å²) in [6.07, 6.45) is 0. The van der Waals surface area contributed by atoms with Crippen LogP contribution >= 0.6 is 0 Å². The highest BCUT2D eigenvalue weighted by atomic mass is 15.1. The molecule has 0 heterocycles. The summed E-state index contributed by atoms with van der Waals surface area (Å²) in [5, 5.41) is 3.32. The van der Waals surface area contributed by atoms with Crippen LogP contribution in [0.25, 0.3) is 0 Å². The highest BCUT2D eigenvalue weighted by Crippen LogP contribution is 2.13. The van der Waals surface area contributed by atoms with E-state index in [-0.39, 0.29) is 0 Å². The van der Waals surface area contributed by atoms with Crippen LogP contribution in [0.2, 0.25) is 0 Å². The van der Waals surface area contributed by atoms with Gasteiger partial charge in [0.25, 0.3) is 0 Å². The third-order valence-electron chi connectivity index (χ3n) is 1.66. The largest absolute Gasteiger partial charge is 0.316 e. The van der Waals surface area contributed by atoms with Crippen molar-refractivity contribution in [2.24, 2.45) is 5.41 Å². The maximum Gasteiger partial charge on any atom is 0.0104 e. The Morgan fingerprint density at radius 2 is 1.83 bits per heavy atom. The average Bonchev–Trinajstić information content (AvgIpc) is 1.84. The van der Waals surface area contributed by atoms with Gasteiger partial charge in [0, 0.05) is 19.6 Å². The van der Waals surface area contributed by atoms with Gasteiger partial charge in [-0.1, -0.05) is 27.7 Å². The number of nitrogens with one attached hydrogen (secondary N) is 1. The molecule has 0 radical (unpaired) electrons. The second-order valence-corrected chi connectivity index (χ2v) is 4.65. The summed E-state index contributed by atoms with van der Waals surface area (Å²) in [7, 11) is 2.18. The van der Waals surface area contributed by atoms with Crippen LogP contribution in [0.3, 0.4) is 0 Å². The van der Waals surface area contributed by atoms with Crippen LogP contribution in [-0.2, 0) is 0 Å². The fourth-order valence-corrected chi connectivity index (χ4v) is 1.34. The Balaban J connectivity index is 3.40. The fraction of sp³-hybridized carbons (Fsp3) is 1.00. The number of rotatable bonds is 5. The lowest BCUT2D eigenvalue weighted by molar-refractivity contribution is 0.228.